The number of hydrogen-bond acceptors (Lipinski definition) is 4. The molecule has 1 aromatic rings. The summed E-state index contributed by atoms with van der Waals surface area (Å²) in [5, 5.41) is 0. The molecule has 2 N–H and O–H groups in total. The van der Waals surface area contributed by atoms with Crippen LogP contribution in [0.3, 0.4) is 0 Å². The first-order chi connectivity index (χ1) is 7.63. The van der Waals surface area contributed by atoms with Gasteiger partial charge in [-0.25, -0.2) is 4.39 Å². The molecule has 0 amide bonds. The molecule has 0 saturated heterocycles. The molecule has 0 fully saturated rings. The van der Waals surface area contributed by atoms with Gasteiger partial charge in [-0.15, -0.1) is 0 Å². The maximum absolute atomic E-state index is 13.1. The average Bonchev–Trinajstić information content (AvgIpc) is 2.27. The number of nitrogens with two attached hydrogens (primary N) is 1. The topological polar surface area (TPSA) is 61.5 Å². The first-order valence-electron chi connectivity index (χ1n) is 4.78. The van der Waals surface area contributed by atoms with Crippen molar-refractivity contribution in [1.29, 1.82) is 0 Å². The summed E-state index contributed by atoms with van der Waals surface area (Å²) in [7, 11) is 2.74. The van der Waals surface area contributed by atoms with Gasteiger partial charge in [0, 0.05) is 18.6 Å². The lowest BCUT2D eigenvalue weighted by Gasteiger charge is -2.12. The van der Waals surface area contributed by atoms with Crippen LogP contribution in [0.15, 0.2) is 12.1 Å². The van der Waals surface area contributed by atoms with Crippen LogP contribution in [0.2, 0.25) is 0 Å². The van der Waals surface area contributed by atoms with Crippen molar-refractivity contribution in [2.45, 2.75) is 6.42 Å². The van der Waals surface area contributed by atoms with Gasteiger partial charge in [0.1, 0.15) is 22.9 Å². The monoisotopic (exact) mass is 227 g/mol. The second-order valence-corrected chi connectivity index (χ2v) is 3.15. The van der Waals surface area contributed by atoms with E-state index in [2.05, 4.69) is 0 Å². The second kappa shape index (κ2) is 5.46. The number of methoxy groups -OCH3 is 2. The van der Waals surface area contributed by atoms with Crippen molar-refractivity contribution in [2.75, 3.05) is 20.8 Å². The van der Waals surface area contributed by atoms with Crippen molar-refractivity contribution in [1.82, 2.24) is 0 Å². The molecule has 1 rings (SSSR count). The molecule has 0 saturated carbocycles. The zero-order valence-corrected chi connectivity index (χ0v) is 9.25. The van der Waals surface area contributed by atoms with Gasteiger partial charge in [0.25, 0.3) is 0 Å². The quantitative estimate of drug-likeness (QED) is 0.772. The van der Waals surface area contributed by atoms with Gasteiger partial charge in [0.15, 0.2) is 5.78 Å². The van der Waals surface area contributed by atoms with Crippen molar-refractivity contribution in [2.24, 2.45) is 5.73 Å². The van der Waals surface area contributed by atoms with E-state index in [4.69, 9.17) is 15.2 Å². The lowest BCUT2D eigenvalue weighted by atomic mass is 10.1. The van der Waals surface area contributed by atoms with Gasteiger partial charge < -0.3 is 15.2 Å². The van der Waals surface area contributed by atoms with Crippen molar-refractivity contribution in [3.63, 3.8) is 0 Å². The molecule has 88 valence electrons. The van der Waals surface area contributed by atoms with Gasteiger partial charge in [-0.3, -0.25) is 4.79 Å². The van der Waals surface area contributed by atoms with Gasteiger partial charge in [-0.05, 0) is 6.54 Å². The van der Waals surface area contributed by atoms with Crippen molar-refractivity contribution < 1.29 is 18.7 Å². The Morgan fingerprint density at radius 3 is 2.19 bits per heavy atom. The van der Waals surface area contributed by atoms with Gasteiger partial charge in [0.2, 0.25) is 0 Å². The fraction of sp³-hybridized carbons (Fsp3) is 0.364. The van der Waals surface area contributed by atoms with Gasteiger partial charge in [0.05, 0.1) is 14.2 Å². The van der Waals surface area contributed by atoms with E-state index >= 15 is 0 Å². The molecular weight excluding hydrogens is 213 g/mol. The third-order valence-corrected chi connectivity index (χ3v) is 2.12. The number of rotatable bonds is 5. The van der Waals surface area contributed by atoms with Crippen molar-refractivity contribution in [3.05, 3.63) is 23.5 Å². The summed E-state index contributed by atoms with van der Waals surface area (Å²) in [4.78, 5) is 11.8. The fourth-order valence-corrected chi connectivity index (χ4v) is 1.41. The largest absolute Gasteiger partial charge is 0.496 e. The Morgan fingerprint density at radius 1 is 1.31 bits per heavy atom. The van der Waals surface area contributed by atoms with E-state index in [1.807, 2.05) is 0 Å². The van der Waals surface area contributed by atoms with Crippen molar-refractivity contribution >= 4 is 5.78 Å². The Bertz CT molecular complexity index is 368. The molecule has 4 nitrogen and oxygen atoms in total. The van der Waals surface area contributed by atoms with Crippen LogP contribution >= 0.6 is 0 Å². The fourth-order valence-electron chi connectivity index (χ4n) is 1.41. The third-order valence-electron chi connectivity index (χ3n) is 2.12. The molecule has 1 aromatic carbocycles. The molecule has 0 unspecified atom stereocenters. The number of carbonyl (C=O) groups is 1. The third kappa shape index (κ3) is 2.49. The molecule has 0 aromatic heterocycles. The second-order valence-electron chi connectivity index (χ2n) is 3.15. The lowest BCUT2D eigenvalue weighted by molar-refractivity contribution is 0.0979. The number of ether oxygens (including phenoxy) is 2. The summed E-state index contributed by atoms with van der Waals surface area (Å²) in [5.74, 6) is -0.417. The van der Waals surface area contributed by atoms with E-state index in [0.29, 0.717) is 0 Å². The number of halogens is 1. The van der Waals surface area contributed by atoms with Crippen LogP contribution in [0.1, 0.15) is 16.8 Å². The summed E-state index contributed by atoms with van der Waals surface area (Å²) < 4.78 is 23.0. The highest BCUT2D eigenvalue weighted by Gasteiger charge is 2.19. The summed E-state index contributed by atoms with van der Waals surface area (Å²) in [6.07, 6.45) is 0.165. The predicted molar refractivity (Wildman–Crippen MR) is 57.5 cm³/mol. The Morgan fingerprint density at radius 2 is 1.81 bits per heavy atom. The smallest absolute Gasteiger partial charge is 0.171 e. The highest BCUT2D eigenvalue weighted by Crippen LogP contribution is 2.30. The number of benzene rings is 1. The highest BCUT2D eigenvalue weighted by atomic mass is 19.1. The molecule has 0 spiro atoms. The molecule has 0 aliphatic heterocycles. The minimum absolute atomic E-state index is 0.162. The maximum Gasteiger partial charge on any atom is 0.171 e. The first kappa shape index (κ1) is 12.4. The van der Waals surface area contributed by atoms with Gasteiger partial charge in [-0.1, -0.05) is 0 Å². The summed E-state index contributed by atoms with van der Waals surface area (Å²) in [5.41, 5.74) is 5.54. The van der Waals surface area contributed by atoms with Crippen LogP contribution in [0.25, 0.3) is 0 Å². The summed E-state index contributed by atoms with van der Waals surface area (Å²) in [6.45, 7) is 0.225. The van der Waals surface area contributed by atoms with Crippen LogP contribution in [0.4, 0.5) is 4.39 Å². The van der Waals surface area contributed by atoms with E-state index in [-0.39, 0.29) is 35.8 Å². The highest BCUT2D eigenvalue weighted by molar-refractivity contribution is 6.01. The Balaban J connectivity index is 3.27. The molecule has 0 aliphatic carbocycles. The molecule has 5 heteroatoms. The van der Waals surface area contributed by atoms with E-state index in [0.717, 1.165) is 12.1 Å². The van der Waals surface area contributed by atoms with E-state index in [1.54, 1.807) is 0 Å². The van der Waals surface area contributed by atoms with Crippen LogP contribution < -0.4 is 15.2 Å². The Labute approximate surface area is 93.2 Å². The molecule has 0 radical (unpaired) electrons. The molecule has 0 aliphatic rings. The van der Waals surface area contributed by atoms with E-state index in [9.17, 15) is 9.18 Å². The van der Waals surface area contributed by atoms with Crippen LogP contribution in [-0.2, 0) is 0 Å². The number of hydrogen-bond donors (Lipinski definition) is 1. The number of ketones is 1. The summed E-state index contributed by atoms with van der Waals surface area (Å²) >= 11 is 0. The molecule has 16 heavy (non-hydrogen) atoms. The van der Waals surface area contributed by atoms with E-state index in [1.165, 1.54) is 14.2 Å². The predicted octanol–water partition coefficient (Wildman–Crippen LogP) is 1.37. The normalized spacial score (nSPS) is 10.0. The number of Topliss-reactive ketones (excluding diaryl/α,β-unsaturated/α-hetero) is 1. The van der Waals surface area contributed by atoms with E-state index < -0.39 is 5.82 Å². The molecule has 0 heterocycles. The maximum atomic E-state index is 13.1. The van der Waals surface area contributed by atoms with Crippen LogP contribution in [0, 0.1) is 5.82 Å². The number of carbonyl (C=O) groups excluding carboxylic acids is 1. The van der Waals surface area contributed by atoms with Gasteiger partial charge >= 0.3 is 0 Å². The minimum Gasteiger partial charge on any atom is -0.496 e. The Kier molecular flexibility index (Phi) is 4.25. The SMILES string of the molecule is COc1cc(F)cc(OC)c1C(=O)CCN. The minimum atomic E-state index is -0.516. The van der Waals surface area contributed by atoms with Crippen molar-refractivity contribution in [3.8, 4) is 11.5 Å². The zero-order chi connectivity index (χ0) is 12.1. The molecular formula is C11H14FNO3. The van der Waals surface area contributed by atoms with Crippen LogP contribution in [0.5, 0.6) is 11.5 Å². The molecule has 0 atom stereocenters. The lowest BCUT2D eigenvalue weighted by Crippen LogP contribution is -2.11. The Hall–Kier alpha value is -1.62. The molecule has 0 bridgehead atoms. The summed E-state index contributed by atoms with van der Waals surface area (Å²) in [6, 6.07) is 2.29. The average molecular weight is 227 g/mol. The van der Waals surface area contributed by atoms with Crippen LogP contribution in [-0.4, -0.2) is 26.5 Å². The zero-order valence-electron chi connectivity index (χ0n) is 9.25. The first-order valence-corrected chi connectivity index (χ1v) is 4.78. The van der Waals surface area contributed by atoms with Gasteiger partial charge in [-0.2, -0.15) is 0 Å². The standard InChI is InChI=1S/C11H14FNO3/c1-15-9-5-7(12)6-10(16-2)11(9)8(14)3-4-13/h5-6H,3-4,13H2,1-2H3.